The van der Waals surface area contributed by atoms with Gasteiger partial charge in [-0.2, -0.15) is 0 Å². The van der Waals surface area contributed by atoms with Crippen LogP contribution in [0.2, 0.25) is 0 Å². The summed E-state index contributed by atoms with van der Waals surface area (Å²) in [4.78, 5) is 0. The molecule has 0 aliphatic rings. The molecular formula is C35H72N+. The molecule has 0 heterocycles. The molecule has 0 N–H and O–H groups in total. The smallest absolute Gasteiger partial charge is 0.0782 e. The monoisotopic (exact) mass is 507 g/mol. The van der Waals surface area contributed by atoms with Crippen molar-refractivity contribution in [2.75, 3.05) is 27.2 Å². The van der Waals surface area contributed by atoms with Gasteiger partial charge in [-0.3, -0.25) is 0 Å². The summed E-state index contributed by atoms with van der Waals surface area (Å²) < 4.78 is 1.24. The van der Waals surface area contributed by atoms with E-state index in [9.17, 15) is 0 Å². The Morgan fingerprint density at radius 1 is 0.389 bits per heavy atom. The molecule has 0 aromatic heterocycles. The zero-order chi connectivity index (χ0) is 26.4. The van der Waals surface area contributed by atoms with Gasteiger partial charge < -0.3 is 4.48 Å². The van der Waals surface area contributed by atoms with Crippen LogP contribution in [0.25, 0.3) is 0 Å². The van der Waals surface area contributed by atoms with E-state index in [1.165, 1.54) is 197 Å². The van der Waals surface area contributed by atoms with E-state index in [1.54, 1.807) is 0 Å². The molecule has 0 aliphatic heterocycles. The van der Waals surface area contributed by atoms with Crippen LogP contribution in [0.5, 0.6) is 0 Å². The first kappa shape index (κ1) is 35.7. The number of hydrogen-bond donors (Lipinski definition) is 0. The van der Waals surface area contributed by atoms with Crippen molar-refractivity contribution in [2.45, 2.75) is 187 Å². The number of nitrogens with zero attached hydrogens (tertiary/aromatic N) is 1. The van der Waals surface area contributed by atoms with Crippen molar-refractivity contribution in [2.24, 2.45) is 0 Å². The first-order valence-corrected chi connectivity index (χ1v) is 17.1. The average molecular weight is 507 g/mol. The Kier molecular flexibility index (Phi) is 29.0. The number of rotatable bonds is 31. The average Bonchev–Trinajstić information content (AvgIpc) is 2.86. The van der Waals surface area contributed by atoms with Gasteiger partial charge in [0.1, 0.15) is 0 Å². The molecule has 0 aromatic carbocycles. The van der Waals surface area contributed by atoms with Gasteiger partial charge in [-0.15, -0.1) is 6.58 Å². The van der Waals surface area contributed by atoms with Gasteiger partial charge in [-0.25, -0.2) is 0 Å². The lowest BCUT2D eigenvalue weighted by molar-refractivity contribution is -0.890. The van der Waals surface area contributed by atoms with E-state index in [-0.39, 0.29) is 0 Å². The maximum Gasteiger partial charge on any atom is 0.0782 e. The molecular weight excluding hydrogens is 434 g/mol. The molecule has 0 unspecified atom stereocenters. The Morgan fingerprint density at radius 3 is 0.917 bits per heavy atom. The number of hydrogen-bond acceptors (Lipinski definition) is 0. The van der Waals surface area contributed by atoms with E-state index in [0.717, 1.165) is 0 Å². The van der Waals surface area contributed by atoms with Crippen molar-refractivity contribution >= 4 is 0 Å². The van der Waals surface area contributed by atoms with Crippen LogP contribution in [-0.2, 0) is 0 Å². The highest BCUT2D eigenvalue weighted by Gasteiger charge is 2.13. The minimum Gasteiger partial charge on any atom is -0.328 e. The Hall–Kier alpha value is -0.300. The van der Waals surface area contributed by atoms with Crippen LogP contribution in [0.15, 0.2) is 12.7 Å². The van der Waals surface area contributed by atoms with E-state index < -0.39 is 0 Å². The maximum atomic E-state index is 3.80. The van der Waals surface area contributed by atoms with E-state index in [1.807, 2.05) is 0 Å². The third kappa shape index (κ3) is 29.9. The number of quaternary nitrogens is 1. The molecule has 0 fully saturated rings. The summed E-state index contributed by atoms with van der Waals surface area (Å²) in [6.45, 7) is 8.87. The minimum absolute atomic E-state index is 1.21. The van der Waals surface area contributed by atoms with Crippen molar-refractivity contribution in [3.63, 3.8) is 0 Å². The molecule has 0 saturated carbocycles. The Morgan fingerprint density at radius 2 is 0.639 bits per heavy atom. The van der Waals surface area contributed by atoms with Crippen LogP contribution in [0.1, 0.15) is 187 Å². The molecule has 0 atom stereocenters. The SMILES string of the molecule is C=CCCCCCCCCCCCCCCCCCCC[N+](C)(C)CCCCCCCCCCCC. The molecule has 216 valence electrons. The van der Waals surface area contributed by atoms with Crippen molar-refractivity contribution in [3.8, 4) is 0 Å². The fourth-order valence-electron chi connectivity index (χ4n) is 5.62. The van der Waals surface area contributed by atoms with Crippen molar-refractivity contribution in [1.29, 1.82) is 0 Å². The Bertz CT molecular complexity index is 413. The maximum absolute atomic E-state index is 3.80. The normalized spacial score (nSPS) is 11.9. The van der Waals surface area contributed by atoms with Crippen LogP contribution < -0.4 is 0 Å². The third-order valence-corrected chi connectivity index (χ3v) is 8.29. The second kappa shape index (κ2) is 29.3. The predicted octanol–water partition coefficient (Wildman–Crippen LogP) is 12.2. The summed E-state index contributed by atoms with van der Waals surface area (Å²) in [5.74, 6) is 0. The highest BCUT2D eigenvalue weighted by atomic mass is 15.3. The molecule has 0 aromatic rings. The molecule has 1 heteroatoms. The standard InChI is InChI=1S/C35H72N/c1-5-7-9-11-13-15-17-18-19-20-21-22-23-24-25-27-29-31-33-35-36(3,4)34-32-30-28-26-16-14-12-10-8-6-2/h5H,1,6-35H2,2-4H3/q+1. The zero-order valence-corrected chi connectivity index (χ0v) is 25.9. The zero-order valence-electron chi connectivity index (χ0n) is 25.9. The minimum atomic E-state index is 1.21. The molecule has 0 rings (SSSR count). The molecule has 36 heavy (non-hydrogen) atoms. The summed E-state index contributed by atoms with van der Waals surface area (Å²) in [5.41, 5.74) is 0. The van der Waals surface area contributed by atoms with Crippen LogP contribution in [0.3, 0.4) is 0 Å². The molecule has 0 bridgehead atoms. The molecule has 0 amide bonds. The fraction of sp³-hybridized carbons (Fsp3) is 0.943. The van der Waals surface area contributed by atoms with Gasteiger partial charge in [0.25, 0.3) is 0 Å². The summed E-state index contributed by atoms with van der Waals surface area (Å²) in [5, 5.41) is 0. The van der Waals surface area contributed by atoms with Gasteiger partial charge in [0.2, 0.25) is 0 Å². The quantitative estimate of drug-likeness (QED) is 0.0498. The van der Waals surface area contributed by atoms with E-state index in [4.69, 9.17) is 0 Å². The second-order valence-electron chi connectivity index (χ2n) is 12.7. The third-order valence-electron chi connectivity index (χ3n) is 8.29. The number of unbranched alkanes of at least 4 members (excludes halogenated alkanes) is 26. The first-order chi connectivity index (χ1) is 17.6. The van der Waals surface area contributed by atoms with Gasteiger partial charge in [0, 0.05) is 0 Å². The van der Waals surface area contributed by atoms with Crippen LogP contribution in [0, 0.1) is 0 Å². The molecule has 0 saturated heterocycles. The highest BCUT2D eigenvalue weighted by Crippen LogP contribution is 2.16. The first-order valence-electron chi connectivity index (χ1n) is 17.1. The van der Waals surface area contributed by atoms with E-state index >= 15 is 0 Å². The van der Waals surface area contributed by atoms with Crippen LogP contribution in [-0.4, -0.2) is 31.7 Å². The molecule has 1 nitrogen and oxygen atoms in total. The molecule has 0 radical (unpaired) electrons. The lowest BCUT2D eigenvalue weighted by Crippen LogP contribution is -2.41. The van der Waals surface area contributed by atoms with E-state index in [2.05, 4.69) is 33.7 Å². The second-order valence-corrected chi connectivity index (χ2v) is 12.7. The van der Waals surface area contributed by atoms with Crippen molar-refractivity contribution in [1.82, 2.24) is 0 Å². The predicted molar refractivity (Wildman–Crippen MR) is 167 cm³/mol. The fourth-order valence-corrected chi connectivity index (χ4v) is 5.62. The van der Waals surface area contributed by atoms with Gasteiger partial charge in [-0.05, 0) is 38.5 Å². The Labute approximate surface area is 230 Å². The van der Waals surface area contributed by atoms with Gasteiger partial charge in [0.15, 0.2) is 0 Å². The number of allylic oxidation sites excluding steroid dienone is 1. The van der Waals surface area contributed by atoms with Crippen LogP contribution in [0.4, 0.5) is 0 Å². The van der Waals surface area contributed by atoms with Crippen molar-refractivity contribution in [3.05, 3.63) is 12.7 Å². The van der Waals surface area contributed by atoms with Gasteiger partial charge >= 0.3 is 0 Å². The molecule has 0 aliphatic carbocycles. The van der Waals surface area contributed by atoms with Gasteiger partial charge in [-0.1, -0.05) is 154 Å². The lowest BCUT2D eigenvalue weighted by Gasteiger charge is -2.30. The molecule has 0 spiro atoms. The van der Waals surface area contributed by atoms with Gasteiger partial charge in [0.05, 0.1) is 27.2 Å². The largest absolute Gasteiger partial charge is 0.328 e. The summed E-state index contributed by atoms with van der Waals surface area (Å²) in [6, 6.07) is 0. The van der Waals surface area contributed by atoms with Crippen molar-refractivity contribution < 1.29 is 4.48 Å². The highest BCUT2D eigenvalue weighted by molar-refractivity contribution is 4.65. The lowest BCUT2D eigenvalue weighted by atomic mass is 10.0. The van der Waals surface area contributed by atoms with Crippen LogP contribution >= 0.6 is 0 Å². The summed E-state index contributed by atoms with van der Waals surface area (Å²) in [6.07, 6.45) is 42.5. The van der Waals surface area contributed by atoms with E-state index in [0.29, 0.717) is 0 Å². The summed E-state index contributed by atoms with van der Waals surface area (Å²) >= 11 is 0. The topological polar surface area (TPSA) is 0 Å². The Balaban J connectivity index is 3.25. The summed E-state index contributed by atoms with van der Waals surface area (Å²) in [7, 11) is 4.92.